The molecule has 0 fully saturated rings. The second-order valence-corrected chi connectivity index (χ2v) is 5.30. The molecule has 21 heavy (non-hydrogen) atoms. The Morgan fingerprint density at radius 3 is 1.24 bits per heavy atom. The summed E-state index contributed by atoms with van der Waals surface area (Å²) in [5.74, 6) is 0. The average Bonchev–Trinajstić information content (AvgIpc) is 2.27. The van der Waals surface area contributed by atoms with Crippen LogP contribution in [0.2, 0.25) is 0 Å². The lowest BCUT2D eigenvalue weighted by Crippen LogP contribution is -2.23. The van der Waals surface area contributed by atoms with Gasteiger partial charge >= 0.3 is 12.3 Å². The van der Waals surface area contributed by atoms with Crippen molar-refractivity contribution >= 4 is 12.3 Å². The zero-order valence-corrected chi connectivity index (χ0v) is 13.1. The lowest BCUT2D eigenvalue weighted by molar-refractivity contribution is -0.520. The Labute approximate surface area is 123 Å². The fourth-order valence-corrected chi connectivity index (χ4v) is 0.396. The Hall–Kier alpha value is -1.68. The number of rotatable bonds is 4. The van der Waals surface area contributed by atoms with Gasteiger partial charge in [-0.1, -0.05) is 0 Å². The molecular formula is C12H22O9. The molecule has 0 saturated heterocycles. The second-order valence-electron chi connectivity index (χ2n) is 5.30. The molecule has 0 radical (unpaired) electrons. The Morgan fingerprint density at radius 1 is 0.714 bits per heavy atom. The molecule has 0 unspecified atom stereocenters. The smallest absolute Gasteiger partial charge is 0.323 e. The molecule has 0 bridgehead atoms. The lowest BCUT2D eigenvalue weighted by Gasteiger charge is -2.15. The summed E-state index contributed by atoms with van der Waals surface area (Å²) in [6.07, 6.45) is -2.98. The minimum absolute atomic E-state index is 0.704. The second kappa shape index (κ2) is 10.1. The van der Waals surface area contributed by atoms with Crippen molar-refractivity contribution in [1.82, 2.24) is 0 Å². The monoisotopic (exact) mass is 310 g/mol. The third kappa shape index (κ3) is 18.3. The maximum absolute atomic E-state index is 10.9. The molecule has 0 N–H and O–H groups in total. The highest BCUT2D eigenvalue weighted by Gasteiger charge is 2.20. The minimum atomic E-state index is -1.49. The van der Waals surface area contributed by atoms with E-state index >= 15 is 0 Å². The van der Waals surface area contributed by atoms with Gasteiger partial charge in [0, 0.05) is 0 Å². The molecular weight excluding hydrogens is 288 g/mol. The molecule has 9 nitrogen and oxygen atoms in total. The van der Waals surface area contributed by atoms with E-state index in [0.717, 1.165) is 0 Å². The van der Waals surface area contributed by atoms with Crippen LogP contribution < -0.4 is 0 Å². The summed E-state index contributed by atoms with van der Waals surface area (Å²) < 4.78 is 3.95. The van der Waals surface area contributed by atoms with Gasteiger partial charge in [-0.25, -0.2) is 9.78 Å². The highest BCUT2D eigenvalue weighted by atomic mass is 17.5. The molecule has 0 aliphatic rings. The van der Waals surface area contributed by atoms with Gasteiger partial charge in [0.1, 0.15) is 0 Å². The van der Waals surface area contributed by atoms with Crippen LogP contribution in [0.3, 0.4) is 0 Å². The van der Waals surface area contributed by atoms with E-state index in [0.29, 0.717) is 0 Å². The van der Waals surface area contributed by atoms with Crippen molar-refractivity contribution in [3.8, 4) is 0 Å². The van der Waals surface area contributed by atoms with Crippen molar-refractivity contribution in [2.75, 3.05) is 0 Å². The number of hydrogen-bond donors (Lipinski definition) is 0. The summed E-state index contributed by atoms with van der Waals surface area (Å²) >= 11 is 0. The van der Waals surface area contributed by atoms with E-state index in [4.69, 9.17) is 0 Å². The molecule has 0 amide bonds. The van der Waals surface area contributed by atoms with E-state index in [1.165, 1.54) is 0 Å². The van der Waals surface area contributed by atoms with Gasteiger partial charge in [0.05, 0.1) is 11.2 Å². The number of carbonyl (C=O) groups excluding carboxylic acids is 2. The number of ether oxygens (including phenoxy) is 1. The molecule has 0 atom stereocenters. The third-order valence-corrected chi connectivity index (χ3v) is 0.939. The molecule has 0 rings (SSSR count). The third-order valence-electron chi connectivity index (χ3n) is 0.939. The first kappa shape index (κ1) is 21.6. The van der Waals surface area contributed by atoms with E-state index in [1.54, 1.807) is 41.5 Å². The van der Waals surface area contributed by atoms with Crippen LogP contribution in [0.25, 0.3) is 0 Å². The number of hydrogen-bond acceptors (Lipinski definition) is 9. The van der Waals surface area contributed by atoms with Gasteiger partial charge in [0.25, 0.3) is 0 Å². The first-order chi connectivity index (χ1) is 9.49. The highest BCUT2D eigenvalue weighted by Crippen LogP contribution is 2.09. The maximum Gasteiger partial charge on any atom is 0.553 e. The van der Waals surface area contributed by atoms with E-state index in [-0.39, 0.29) is 0 Å². The summed E-state index contributed by atoms with van der Waals surface area (Å²) in [6, 6.07) is 0. The van der Waals surface area contributed by atoms with Crippen molar-refractivity contribution in [3.05, 3.63) is 13.2 Å². The lowest BCUT2D eigenvalue weighted by atomic mass is 10.2. The van der Waals surface area contributed by atoms with Gasteiger partial charge in [-0.15, -0.1) is 13.2 Å². The summed E-state index contributed by atoms with van der Waals surface area (Å²) in [4.78, 5) is 38.8. The summed E-state index contributed by atoms with van der Waals surface area (Å²) in [6.45, 7) is 15.9. The number of carbonyl (C=O) groups is 2. The summed E-state index contributed by atoms with van der Waals surface area (Å²) in [5.41, 5.74) is -1.41. The molecule has 0 aromatic rings. The van der Waals surface area contributed by atoms with Crippen molar-refractivity contribution < 1.29 is 44.0 Å². The highest BCUT2D eigenvalue weighted by molar-refractivity contribution is 5.76. The van der Waals surface area contributed by atoms with Gasteiger partial charge in [0.2, 0.25) is 0 Å². The van der Waals surface area contributed by atoms with Crippen LogP contribution >= 0.6 is 0 Å². The van der Waals surface area contributed by atoms with E-state index in [1.807, 2.05) is 0 Å². The molecule has 0 aliphatic heterocycles. The van der Waals surface area contributed by atoms with Crippen molar-refractivity contribution in [1.29, 1.82) is 0 Å². The molecule has 0 spiro atoms. The molecule has 124 valence electrons. The van der Waals surface area contributed by atoms with Crippen LogP contribution in [-0.2, 0) is 34.4 Å². The fourth-order valence-electron chi connectivity index (χ4n) is 0.396. The van der Waals surface area contributed by atoms with Crippen molar-refractivity contribution in [2.45, 2.75) is 52.7 Å². The van der Waals surface area contributed by atoms with Gasteiger partial charge in [-0.3, -0.25) is 0 Å². The SMILES string of the molecule is C=C.CC(C)(C)OOOC(=O)OC(=O)OOOC(C)(C)C. The van der Waals surface area contributed by atoms with Gasteiger partial charge in [0.15, 0.2) is 0 Å². The zero-order valence-electron chi connectivity index (χ0n) is 13.1. The van der Waals surface area contributed by atoms with Gasteiger partial charge < -0.3 is 4.74 Å². The van der Waals surface area contributed by atoms with Crippen LogP contribution in [0.4, 0.5) is 9.59 Å². The first-order valence-electron chi connectivity index (χ1n) is 5.80. The average molecular weight is 310 g/mol. The van der Waals surface area contributed by atoms with Crippen LogP contribution in [-0.4, -0.2) is 23.5 Å². The molecule has 0 aromatic heterocycles. The summed E-state index contributed by atoms with van der Waals surface area (Å²) in [5, 5.41) is 8.13. The van der Waals surface area contributed by atoms with Gasteiger partial charge in [-0.2, -0.15) is 19.4 Å². The first-order valence-corrected chi connectivity index (χ1v) is 5.80. The molecule has 9 heteroatoms. The van der Waals surface area contributed by atoms with Crippen LogP contribution in [0.15, 0.2) is 13.2 Å². The summed E-state index contributed by atoms with van der Waals surface area (Å²) in [7, 11) is 0. The Kier molecular flexibility index (Phi) is 10.4. The molecule has 0 aromatic carbocycles. The predicted molar refractivity (Wildman–Crippen MR) is 69.1 cm³/mol. The largest absolute Gasteiger partial charge is 0.553 e. The van der Waals surface area contributed by atoms with Crippen molar-refractivity contribution in [2.24, 2.45) is 0 Å². The molecule has 0 saturated carbocycles. The maximum atomic E-state index is 10.9. The standard InChI is InChI=1S/C10H18O9.C2H4/c1-9(2,3)16-18-14-7(11)13-8(12)15-19-17-10(4,5)6;1-2/h1-6H3;1-2H2. The normalized spacial score (nSPS) is 11.0. The van der Waals surface area contributed by atoms with Crippen LogP contribution in [0.5, 0.6) is 0 Å². The molecule has 0 heterocycles. The van der Waals surface area contributed by atoms with Gasteiger partial charge in [-0.05, 0) is 51.6 Å². The topological polar surface area (TPSA) is 98.8 Å². The Bertz CT molecular complexity index is 284. The van der Waals surface area contributed by atoms with Crippen LogP contribution in [0, 0.1) is 0 Å². The zero-order chi connectivity index (χ0) is 17.1. The molecule has 0 aliphatic carbocycles. The fraction of sp³-hybridized carbons (Fsp3) is 0.667. The van der Waals surface area contributed by atoms with E-state index in [9.17, 15) is 9.59 Å². The Balaban J connectivity index is 0. The van der Waals surface area contributed by atoms with E-state index < -0.39 is 23.5 Å². The predicted octanol–water partition coefficient (Wildman–Crippen LogP) is 3.40. The van der Waals surface area contributed by atoms with Crippen LogP contribution in [0.1, 0.15) is 41.5 Å². The Morgan fingerprint density at radius 2 is 1.00 bits per heavy atom. The quantitative estimate of drug-likeness (QED) is 0.254. The van der Waals surface area contributed by atoms with E-state index in [2.05, 4.69) is 47.5 Å². The minimum Gasteiger partial charge on any atom is -0.323 e. The van der Waals surface area contributed by atoms with Crippen molar-refractivity contribution in [3.63, 3.8) is 0 Å².